The summed E-state index contributed by atoms with van der Waals surface area (Å²) in [5.41, 5.74) is 0.0461. The van der Waals surface area contributed by atoms with Gasteiger partial charge in [0, 0.05) is 5.41 Å². The summed E-state index contributed by atoms with van der Waals surface area (Å²) in [7, 11) is 0. The molecule has 0 aromatic rings. The second kappa shape index (κ2) is 11.6. The third-order valence-electron chi connectivity index (χ3n) is 7.32. The highest BCUT2D eigenvalue weighted by atomic mass is 32.2. The van der Waals surface area contributed by atoms with Crippen molar-refractivity contribution in [2.75, 3.05) is 5.75 Å². The lowest BCUT2D eigenvalue weighted by molar-refractivity contribution is -0.105. The van der Waals surface area contributed by atoms with Gasteiger partial charge in [-0.15, -0.1) is 11.8 Å². The van der Waals surface area contributed by atoms with Crippen LogP contribution in [0.1, 0.15) is 84.5 Å². The number of carbonyl (C=O) groups is 1. The molecule has 3 rings (SSSR count). The Labute approximate surface area is 197 Å². The highest BCUT2D eigenvalue weighted by Crippen LogP contribution is 2.45. The lowest BCUT2D eigenvalue weighted by atomic mass is 9.80. The first-order valence-corrected chi connectivity index (χ1v) is 14.1. The van der Waals surface area contributed by atoms with E-state index in [2.05, 4.69) is 24.4 Å². The van der Waals surface area contributed by atoms with Gasteiger partial charge in [-0.1, -0.05) is 62.9 Å². The van der Waals surface area contributed by atoms with E-state index < -0.39 is 5.60 Å². The second-order valence-electron chi connectivity index (χ2n) is 9.99. The van der Waals surface area contributed by atoms with Gasteiger partial charge in [0.25, 0.3) is 0 Å². The molecular weight excluding hydrogens is 426 g/mol. The fraction of sp³-hybridized carbons (Fsp3) is 0.800. The summed E-state index contributed by atoms with van der Waals surface area (Å²) in [5.74, 6) is 2.31. The predicted molar refractivity (Wildman–Crippen MR) is 133 cm³/mol. The molecule has 2 fully saturated rings. The van der Waals surface area contributed by atoms with Crippen LogP contribution < -0.4 is 5.32 Å². The molecule has 2 saturated carbocycles. The zero-order valence-corrected chi connectivity index (χ0v) is 20.9. The number of rotatable bonds is 11. The molecular formula is C25H41NO3S2. The van der Waals surface area contributed by atoms with Crippen LogP contribution in [-0.2, 0) is 4.79 Å². The van der Waals surface area contributed by atoms with Gasteiger partial charge in [-0.25, -0.2) is 0 Å². The molecule has 31 heavy (non-hydrogen) atoms. The SMILES string of the molecule is CCC1(SCC[C@H]2[C@@H](O)CC[C@@H]2/C=C/CC(C)(O)CC2CCCCC2)NC(C=O)=CS1. The van der Waals surface area contributed by atoms with Crippen LogP contribution in [0.4, 0.5) is 0 Å². The molecule has 0 aromatic carbocycles. The Morgan fingerprint density at radius 3 is 2.74 bits per heavy atom. The summed E-state index contributed by atoms with van der Waals surface area (Å²) < 4.78 is -0.150. The van der Waals surface area contributed by atoms with Gasteiger partial charge in [0.1, 0.15) is 4.20 Å². The number of aliphatic hydroxyl groups is 2. The van der Waals surface area contributed by atoms with Crippen LogP contribution in [0.3, 0.4) is 0 Å². The van der Waals surface area contributed by atoms with Crippen molar-refractivity contribution in [3.8, 4) is 0 Å². The van der Waals surface area contributed by atoms with E-state index in [9.17, 15) is 15.0 Å². The van der Waals surface area contributed by atoms with Gasteiger partial charge in [0.05, 0.1) is 17.4 Å². The van der Waals surface area contributed by atoms with E-state index >= 15 is 0 Å². The molecule has 0 saturated heterocycles. The number of aliphatic hydroxyl groups excluding tert-OH is 1. The van der Waals surface area contributed by atoms with Gasteiger partial charge in [-0.2, -0.15) is 0 Å². The van der Waals surface area contributed by atoms with Gasteiger partial charge < -0.3 is 15.5 Å². The van der Waals surface area contributed by atoms with Gasteiger partial charge >= 0.3 is 0 Å². The summed E-state index contributed by atoms with van der Waals surface area (Å²) in [6.07, 6.45) is 17.0. The lowest BCUT2D eigenvalue weighted by Crippen LogP contribution is -2.34. The molecule has 3 aliphatic rings. The summed E-state index contributed by atoms with van der Waals surface area (Å²) in [4.78, 5) is 11.1. The predicted octanol–water partition coefficient (Wildman–Crippen LogP) is 5.61. The Kier molecular flexibility index (Phi) is 9.45. The smallest absolute Gasteiger partial charge is 0.166 e. The van der Waals surface area contributed by atoms with Gasteiger partial charge in [0.15, 0.2) is 6.29 Å². The maximum Gasteiger partial charge on any atom is 0.166 e. The van der Waals surface area contributed by atoms with E-state index in [0.29, 0.717) is 24.0 Å². The van der Waals surface area contributed by atoms with Gasteiger partial charge in [0.2, 0.25) is 0 Å². The first kappa shape index (κ1) is 25.2. The number of aldehydes is 1. The second-order valence-corrected chi connectivity index (χ2v) is 12.8. The van der Waals surface area contributed by atoms with Crippen LogP contribution in [0.15, 0.2) is 23.3 Å². The Hall–Kier alpha value is -0.430. The number of allylic oxidation sites excluding steroid dienone is 2. The molecule has 1 heterocycles. The van der Waals surface area contributed by atoms with Crippen LogP contribution in [0, 0.1) is 17.8 Å². The monoisotopic (exact) mass is 467 g/mol. The van der Waals surface area contributed by atoms with Crippen LogP contribution in [-0.4, -0.2) is 38.2 Å². The average molecular weight is 468 g/mol. The number of hydrogen-bond donors (Lipinski definition) is 3. The highest BCUT2D eigenvalue weighted by molar-refractivity contribution is 8.19. The number of carbonyl (C=O) groups excluding carboxylic acids is 1. The molecule has 0 aromatic heterocycles. The Morgan fingerprint density at radius 2 is 2.06 bits per heavy atom. The van der Waals surface area contributed by atoms with Crippen LogP contribution in [0.5, 0.6) is 0 Å². The third kappa shape index (κ3) is 7.28. The van der Waals surface area contributed by atoms with Crippen molar-refractivity contribution in [3.63, 3.8) is 0 Å². The van der Waals surface area contributed by atoms with Crippen molar-refractivity contribution >= 4 is 29.8 Å². The third-order valence-corrected chi connectivity index (χ3v) is 10.4. The summed E-state index contributed by atoms with van der Waals surface area (Å²) >= 11 is 3.55. The van der Waals surface area contributed by atoms with Gasteiger partial charge in [-0.3, -0.25) is 4.79 Å². The summed E-state index contributed by atoms with van der Waals surface area (Å²) in [5, 5.41) is 26.7. The molecule has 6 heteroatoms. The quantitative estimate of drug-likeness (QED) is 0.271. The summed E-state index contributed by atoms with van der Waals surface area (Å²) in [6.45, 7) is 4.13. The topological polar surface area (TPSA) is 69.6 Å². The van der Waals surface area contributed by atoms with Crippen molar-refractivity contribution in [2.45, 2.75) is 100 Å². The van der Waals surface area contributed by atoms with E-state index in [-0.39, 0.29) is 16.2 Å². The molecule has 0 amide bonds. The zero-order chi connectivity index (χ0) is 22.3. The zero-order valence-electron chi connectivity index (χ0n) is 19.2. The Morgan fingerprint density at radius 1 is 1.29 bits per heavy atom. The van der Waals surface area contributed by atoms with Crippen molar-refractivity contribution in [1.82, 2.24) is 5.32 Å². The van der Waals surface area contributed by atoms with Crippen LogP contribution in [0.25, 0.3) is 0 Å². The molecule has 0 bridgehead atoms. The molecule has 1 aliphatic heterocycles. The average Bonchev–Trinajstić information content (AvgIpc) is 3.33. The van der Waals surface area contributed by atoms with Crippen molar-refractivity contribution in [1.29, 1.82) is 0 Å². The van der Waals surface area contributed by atoms with Crippen LogP contribution in [0.2, 0.25) is 0 Å². The molecule has 2 unspecified atom stereocenters. The standard InChI is InChI=1S/C25H41NO3S2/c1-3-25(26-21(17-27)18-31-25)30-15-13-22-20(11-12-23(22)28)10-7-14-24(2,29)16-19-8-5-4-6-9-19/h7,10,17-20,22-23,26,28-29H,3-6,8-9,11-16H2,1-2H3/b10-7+/t20-,22+,23-,24?,25?/m0/s1. The molecule has 0 radical (unpaired) electrons. The minimum absolute atomic E-state index is 0.150. The maximum absolute atomic E-state index is 11.1. The van der Waals surface area contributed by atoms with E-state index in [1.54, 1.807) is 11.8 Å². The summed E-state index contributed by atoms with van der Waals surface area (Å²) in [6, 6.07) is 0. The minimum atomic E-state index is -0.622. The number of nitrogens with one attached hydrogen (secondary N) is 1. The molecule has 3 N–H and O–H groups in total. The van der Waals surface area contributed by atoms with Crippen molar-refractivity contribution in [3.05, 3.63) is 23.3 Å². The highest BCUT2D eigenvalue weighted by Gasteiger charge is 2.37. The molecule has 0 spiro atoms. The maximum atomic E-state index is 11.1. The lowest BCUT2D eigenvalue weighted by Gasteiger charge is -2.30. The van der Waals surface area contributed by atoms with E-state index in [1.807, 2.05) is 24.1 Å². The molecule has 176 valence electrons. The van der Waals surface area contributed by atoms with E-state index in [4.69, 9.17) is 0 Å². The fourth-order valence-corrected chi connectivity index (χ4v) is 8.07. The number of hydrogen-bond acceptors (Lipinski definition) is 6. The van der Waals surface area contributed by atoms with Crippen LogP contribution >= 0.6 is 23.5 Å². The number of thioether (sulfide) groups is 2. The van der Waals surface area contributed by atoms with Gasteiger partial charge in [-0.05, 0) is 69.0 Å². The Balaban J connectivity index is 1.45. The first-order valence-electron chi connectivity index (χ1n) is 12.2. The fourth-order valence-electron chi connectivity index (χ4n) is 5.51. The molecule has 2 aliphatic carbocycles. The molecule has 4 nitrogen and oxygen atoms in total. The van der Waals surface area contributed by atoms with E-state index in [1.165, 1.54) is 32.1 Å². The van der Waals surface area contributed by atoms with Crippen molar-refractivity contribution in [2.24, 2.45) is 17.8 Å². The minimum Gasteiger partial charge on any atom is -0.393 e. The Bertz CT molecular complexity index is 645. The largest absolute Gasteiger partial charge is 0.393 e. The first-order chi connectivity index (χ1) is 14.9. The van der Waals surface area contributed by atoms with Crippen molar-refractivity contribution < 1.29 is 15.0 Å². The normalized spacial score (nSPS) is 33.9. The molecule has 5 atom stereocenters. The van der Waals surface area contributed by atoms with E-state index in [0.717, 1.165) is 44.1 Å².